The van der Waals surface area contributed by atoms with Crippen molar-refractivity contribution in [2.24, 2.45) is 23.7 Å². The molecule has 1 aromatic rings. The van der Waals surface area contributed by atoms with Crippen LogP contribution in [0.4, 0.5) is 0 Å². The first-order valence-electron chi connectivity index (χ1n) is 7.65. The van der Waals surface area contributed by atoms with E-state index in [1.165, 1.54) is 7.11 Å². The molecule has 0 unspecified atom stereocenters. The molecule has 2 bridgehead atoms. The molecule has 126 valence electrons. The fourth-order valence-corrected chi connectivity index (χ4v) is 3.60. The smallest absolute Gasteiger partial charge is 0.273 e. The van der Waals surface area contributed by atoms with Gasteiger partial charge >= 0.3 is 0 Å². The van der Waals surface area contributed by atoms with Gasteiger partial charge in [0.25, 0.3) is 5.91 Å². The number of amides is 2. The Hall–Kier alpha value is -2.83. The van der Waals surface area contributed by atoms with E-state index in [1.807, 2.05) is 12.2 Å². The zero-order valence-electron chi connectivity index (χ0n) is 13.0. The Morgan fingerprint density at radius 1 is 1.08 bits per heavy atom. The number of para-hydroxylation sites is 1. The minimum atomic E-state index is -1.23. The van der Waals surface area contributed by atoms with Gasteiger partial charge in [-0.15, -0.1) is 0 Å². The molecular weight excluding hydrogens is 312 g/mol. The lowest BCUT2D eigenvalue weighted by Gasteiger charge is -2.27. The molecule has 0 saturated heterocycles. The molecule has 1 saturated carbocycles. The minimum Gasteiger partial charge on any atom is -0.550 e. The zero-order chi connectivity index (χ0) is 17.3. The molecule has 0 aromatic heterocycles. The van der Waals surface area contributed by atoms with Gasteiger partial charge in [0, 0.05) is 11.9 Å². The summed E-state index contributed by atoms with van der Waals surface area (Å²) in [5.41, 5.74) is 4.91. The van der Waals surface area contributed by atoms with E-state index in [9.17, 15) is 19.5 Å². The number of rotatable bonds is 4. The number of aliphatic carboxylic acids is 1. The van der Waals surface area contributed by atoms with Crippen molar-refractivity contribution >= 4 is 17.8 Å². The lowest BCUT2D eigenvalue weighted by Crippen LogP contribution is -2.50. The number of hydrogen-bond acceptors (Lipinski definition) is 5. The maximum atomic E-state index is 12.4. The van der Waals surface area contributed by atoms with Crippen molar-refractivity contribution in [2.75, 3.05) is 7.11 Å². The van der Waals surface area contributed by atoms with Crippen molar-refractivity contribution in [3.63, 3.8) is 0 Å². The number of nitrogens with one attached hydrogen (secondary N) is 2. The number of fused-ring (bicyclic) bond motifs is 2. The van der Waals surface area contributed by atoms with Crippen LogP contribution in [0, 0.1) is 23.7 Å². The highest BCUT2D eigenvalue weighted by atomic mass is 16.5. The maximum Gasteiger partial charge on any atom is 0.273 e. The second-order valence-corrected chi connectivity index (χ2v) is 5.96. The molecule has 0 aliphatic heterocycles. The first-order chi connectivity index (χ1) is 11.5. The Kier molecular flexibility index (Phi) is 4.24. The van der Waals surface area contributed by atoms with E-state index in [2.05, 4.69) is 10.9 Å². The number of benzene rings is 1. The van der Waals surface area contributed by atoms with Gasteiger partial charge in [0.05, 0.1) is 18.6 Å². The molecule has 7 nitrogen and oxygen atoms in total. The highest BCUT2D eigenvalue weighted by Crippen LogP contribution is 2.47. The molecule has 3 rings (SSSR count). The summed E-state index contributed by atoms with van der Waals surface area (Å²) in [6, 6.07) is 6.58. The molecule has 7 heteroatoms. The van der Waals surface area contributed by atoms with Crippen molar-refractivity contribution in [3.05, 3.63) is 42.0 Å². The first kappa shape index (κ1) is 16.0. The summed E-state index contributed by atoms with van der Waals surface area (Å²) < 4.78 is 5.09. The second kappa shape index (κ2) is 6.35. The van der Waals surface area contributed by atoms with Crippen LogP contribution in [0.1, 0.15) is 16.8 Å². The van der Waals surface area contributed by atoms with Gasteiger partial charge in [-0.3, -0.25) is 20.4 Å². The molecule has 2 N–H and O–H groups in total. The third-order valence-electron chi connectivity index (χ3n) is 4.69. The van der Waals surface area contributed by atoms with Crippen molar-refractivity contribution in [2.45, 2.75) is 6.42 Å². The number of hydrazine groups is 1. The summed E-state index contributed by atoms with van der Waals surface area (Å²) in [5.74, 6) is -3.83. The van der Waals surface area contributed by atoms with E-state index in [0.29, 0.717) is 12.2 Å². The van der Waals surface area contributed by atoms with Crippen LogP contribution in [0.3, 0.4) is 0 Å². The number of carbonyl (C=O) groups is 3. The van der Waals surface area contributed by atoms with Crippen molar-refractivity contribution in [1.29, 1.82) is 0 Å². The van der Waals surface area contributed by atoms with E-state index in [1.54, 1.807) is 24.3 Å². The van der Waals surface area contributed by atoms with E-state index in [-0.39, 0.29) is 17.4 Å². The Labute approximate surface area is 138 Å². The van der Waals surface area contributed by atoms with Crippen LogP contribution >= 0.6 is 0 Å². The van der Waals surface area contributed by atoms with E-state index >= 15 is 0 Å². The summed E-state index contributed by atoms with van der Waals surface area (Å²) in [5, 5.41) is 11.3. The van der Waals surface area contributed by atoms with Gasteiger partial charge < -0.3 is 14.6 Å². The monoisotopic (exact) mass is 329 g/mol. The molecular formula is C17H17N2O5-. The number of hydrogen-bond donors (Lipinski definition) is 2. The van der Waals surface area contributed by atoms with Gasteiger partial charge in [-0.1, -0.05) is 24.3 Å². The van der Waals surface area contributed by atoms with Crippen LogP contribution in [0.2, 0.25) is 0 Å². The predicted octanol–water partition coefficient (Wildman–Crippen LogP) is -0.356. The average molecular weight is 329 g/mol. The summed E-state index contributed by atoms with van der Waals surface area (Å²) in [6.45, 7) is 0. The Balaban J connectivity index is 1.66. The average Bonchev–Trinajstić information content (AvgIpc) is 3.20. The van der Waals surface area contributed by atoms with Crippen LogP contribution < -0.4 is 20.7 Å². The highest BCUT2D eigenvalue weighted by Gasteiger charge is 2.48. The zero-order valence-corrected chi connectivity index (χ0v) is 13.0. The molecule has 0 spiro atoms. The normalized spacial score (nSPS) is 26.9. The highest BCUT2D eigenvalue weighted by molar-refractivity contribution is 5.98. The third-order valence-corrected chi connectivity index (χ3v) is 4.69. The van der Waals surface area contributed by atoms with Gasteiger partial charge in [0.1, 0.15) is 5.75 Å². The minimum absolute atomic E-state index is 0.138. The van der Waals surface area contributed by atoms with Crippen LogP contribution in [0.15, 0.2) is 36.4 Å². The van der Waals surface area contributed by atoms with Gasteiger partial charge in [-0.25, -0.2) is 0 Å². The van der Waals surface area contributed by atoms with Gasteiger partial charge in [-0.05, 0) is 30.4 Å². The SMILES string of the molecule is COc1ccccc1C(=O)NNC(=O)[C@@H]1[C@@H](C(=O)[O-])[C@H]2C=C[C@H]1C2. The largest absolute Gasteiger partial charge is 0.550 e. The lowest BCUT2D eigenvalue weighted by molar-refractivity contribution is -0.313. The molecule has 24 heavy (non-hydrogen) atoms. The molecule has 0 heterocycles. The number of carboxylic acid groups (broad SMARTS) is 1. The number of ether oxygens (including phenoxy) is 1. The van der Waals surface area contributed by atoms with Gasteiger partial charge in [0.2, 0.25) is 5.91 Å². The van der Waals surface area contributed by atoms with Crippen LogP contribution in [-0.4, -0.2) is 24.9 Å². The van der Waals surface area contributed by atoms with Gasteiger partial charge in [0.15, 0.2) is 0 Å². The fourth-order valence-electron chi connectivity index (χ4n) is 3.60. The van der Waals surface area contributed by atoms with Gasteiger partial charge in [-0.2, -0.15) is 0 Å². The molecule has 2 amide bonds. The quantitative estimate of drug-likeness (QED) is 0.580. The van der Waals surface area contributed by atoms with E-state index in [0.717, 1.165) is 0 Å². The van der Waals surface area contributed by atoms with Crippen molar-refractivity contribution in [3.8, 4) is 5.75 Å². The van der Waals surface area contributed by atoms with Crippen LogP contribution in [-0.2, 0) is 9.59 Å². The first-order valence-corrected chi connectivity index (χ1v) is 7.65. The Morgan fingerprint density at radius 3 is 2.42 bits per heavy atom. The van der Waals surface area contributed by atoms with E-state index < -0.39 is 29.6 Å². The Morgan fingerprint density at radius 2 is 1.75 bits per heavy atom. The fraction of sp³-hybridized carbons (Fsp3) is 0.353. The summed E-state index contributed by atoms with van der Waals surface area (Å²) in [7, 11) is 1.44. The summed E-state index contributed by atoms with van der Waals surface area (Å²) in [4.78, 5) is 35.8. The third kappa shape index (κ3) is 2.73. The summed E-state index contributed by atoms with van der Waals surface area (Å²) >= 11 is 0. The second-order valence-electron chi connectivity index (χ2n) is 5.96. The van der Waals surface area contributed by atoms with Crippen molar-refractivity contribution < 1.29 is 24.2 Å². The van der Waals surface area contributed by atoms with Crippen LogP contribution in [0.25, 0.3) is 0 Å². The summed E-state index contributed by atoms with van der Waals surface area (Å²) in [6.07, 6.45) is 4.30. The molecule has 1 aromatic carbocycles. The molecule has 4 atom stereocenters. The standard InChI is InChI=1S/C17H18N2O5/c1-24-12-5-3-2-4-11(12)15(20)18-19-16(21)13-9-6-7-10(8-9)14(13)17(22)23/h2-7,9-10,13-14H,8H2,1H3,(H,18,20)(H,19,21)(H,22,23)/p-1/t9-,10-,13-,14-/m0/s1. The number of carboxylic acids is 1. The predicted molar refractivity (Wildman–Crippen MR) is 81.3 cm³/mol. The molecule has 2 aliphatic rings. The number of allylic oxidation sites excluding steroid dienone is 2. The van der Waals surface area contributed by atoms with Crippen LogP contribution in [0.5, 0.6) is 5.75 Å². The van der Waals surface area contributed by atoms with E-state index in [4.69, 9.17) is 4.74 Å². The lowest BCUT2D eigenvalue weighted by atomic mass is 9.82. The Bertz CT molecular complexity index is 715. The maximum absolute atomic E-state index is 12.4. The molecule has 0 radical (unpaired) electrons. The molecule has 2 aliphatic carbocycles. The van der Waals surface area contributed by atoms with Crippen molar-refractivity contribution in [1.82, 2.24) is 10.9 Å². The number of methoxy groups -OCH3 is 1. The topological polar surface area (TPSA) is 108 Å². The molecule has 1 fully saturated rings. The number of carbonyl (C=O) groups excluding carboxylic acids is 3.